The zero-order valence-corrected chi connectivity index (χ0v) is 16.8. The Morgan fingerprint density at radius 2 is 1.76 bits per heavy atom. The van der Waals surface area contributed by atoms with E-state index in [2.05, 4.69) is 15.4 Å². The number of rotatable bonds is 9. The molecule has 10 heteroatoms. The number of urea groups is 1. The fraction of sp³-hybridized carbons (Fsp3) is 0.474. The normalized spacial score (nSPS) is 10.9. The summed E-state index contributed by atoms with van der Waals surface area (Å²) in [5.74, 6) is -2.35. The molecule has 1 rings (SSSR count). The summed E-state index contributed by atoms with van der Waals surface area (Å²) in [6.45, 7) is 4.19. The minimum atomic E-state index is -1.11. The van der Waals surface area contributed by atoms with Crippen LogP contribution in [-0.4, -0.2) is 53.8 Å². The topological polar surface area (TPSA) is 168 Å². The van der Waals surface area contributed by atoms with Gasteiger partial charge in [-0.15, -0.1) is 0 Å². The lowest BCUT2D eigenvalue weighted by Crippen LogP contribution is -2.43. The molecule has 0 radical (unpaired) electrons. The number of aliphatic carboxylic acids is 2. The van der Waals surface area contributed by atoms with Crippen molar-refractivity contribution in [2.75, 3.05) is 19.0 Å². The summed E-state index contributed by atoms with van der Waals surface area (Å²) in [6, 6.07) is 4.63. The summed E-state index contributed by atoms with van der Waals surface area (Å²) in [7, 11) is 1.24. The molecule has 0 fully saturated rings. The van der Waals surface area contributed by atoms with E-state index in [-0.39, 0.29) is 23.6 Å². The van der Waals surface area contributed by atoms with Crippen LogP contribution in [0.25, 0.3) is 0 Å². The van der Waals surface area contributed by atoms with Gasteiger partial charge in [0.1, 0.15) is 6.04 Å². The number of para-hydroxylation sites is 1. The highest BCUT2D eigenvalue weighted by Gasteiger charge is 2.22. The largest absolute Gasteiger partial charge is 0.481 e. The maximum atomic E-state index is 11.9. The van der Waals surface area contributed by atoms with Crippen LogP contribution in [0.15, 0.2) is 24.3 Å². The first-order chi connectivity index (χ1) is 13.6. The molecule has 0 heterocycles. The number of carbonyl (C=O) groups excluding carboxylic acids is 2. The molecule has 10 nitrogen and oxygen atoms in total. The summed E-state index contributed by atoms with van der Waals surface area (Å²) in [5, 5.41) is 21.9. The molecule has 2 amide bonds. The number of amides is 2. The Morgan fingerprint density at radius 3 is 2.21 bits per heavy atom. The number of hydrogen-bond acceptors (Lipinski definition) is 6. The van der Waals surface area contributed by atoms with Gasteiger partial charge >= 0.3 is 23.9 Å². The van der Waals surface area contributed by atoms with Gasteiger partial charge in [-0.25, -0.2) is 14.4 Å². The molecule has 162 valence electrons. The maximum Gasteiger partial charge on any atom is 0.339 e. The number of ether oxygens (including phenoxy) is 1. The van der Waals surface area contributed by atoms with Crippen molar-refractivity contribution in [3.63, 3.8) is 0 Å². The van der Waals surface area contributed by atoms with Crippen LogP contribution in [0.1, 0.15) is 43.5 Å². The molecule has 0 aliphatic heterocycles. The molecule has 0 aliphatic rings. The third kappa shape index (κ3) is 11.3. The fourth-order valence-electron chi connectivity index (χ4n) is 2.14. The Bertz CT molecular complexity index is 692. The molecule has 0 spiro atoms. The van der Waals surface area contributed by atoms with Crippen molar-refractivity contribution >= 4 is 29.6 Å². The molecule has 1 aromatic carbocycles. The molecule has 6 N–H and O–H groups in total. The fourth-order valence-corrected chi connectivity index (χ4v) is 2.14. The van der Waals surface area contributed by atoms with Crippen LogP contribution < -0.4 is 16.4 Å². The second kappa shape index (κ2) is 13.9. The van der Waals surface area contributed by atoms with Gasteiger partial charge in [-0.1, -0.05) is 26.0 Å². The number of carbonyl (C=O) groups is 4. The Balaban J connectivity index is 0.000000956. The zero-order chi connectivity index (χ0) is 22.4. The van der Waals surface area contributed by atoms with Crippen LogP contribution in [0.4, 0.5) is 10.5 Å². The van der Waals surface area contributed by atoms with E-state index in [0.29, 0.717) is 19.4 Å². The first-order valence-corrected chi connectivity index (χ1v) is 9.01. The predicted octanol–water partition coefficient (Wildman–Crippen LogP) is 1.90. The maximum absolute atomic E-state index is 11.9. The van der Waals surface area contributed by atoms with Crippen molar-refractivity contribution in [3.8, 4) is 0 Å². The van der Waals surface area contributed by atoms with E-state index in [1.54, 1.807) is 12.1 Å². The molecular weight excluding hydrogens is 382 g/mol. The first-order valence-electron chi connectivity index (χ1n) is 9.01. The van der Waals surface area contributed by atoms with Crippen molar-refractivity contribution in [2.24, 2.45) is 11.7 Å². The lowest BCUT2D eigenvalue weighted by molar-refractivity contribution is -0.139. The van der Waals surface area contributed by atoms with Crippen LogP contribution in [0, 0.1) is 5.92 Å². The lowest BCUT2D eigenvalue weighted by Gasteiger charge is -2.17. The predicted molar refractivity (Wildman–Crippen MR) is 107 cm³/mol. The number of hydrogen-bond donors (Lipinski definition) is 5. The number of nitrogens with one attached hydrogen (secondary N) is 2. The average molecular weight is 411 g/mol. The minimum absolute atomic E-state index is 0.115. The van der Waals surface area contributed by atoms with Crippen LogP contribution >= 0.6 is 0 Å². The van der Waals surface area contributed by atoms with Gasteiger partial charge in [0.15, 0.2) is 0 Å². The van der Waals surface area contributed by atoms with Gasteiger partial charge in [-0.3, -0.25) is 4.79 Å². The van der Waals surface area contributed by atoms with Crippen LogP contribution in [0.5, 0.6) is 0 Å². The van der Waals surface area contributed by atoms with Crippen molar-refractivity contribution in [1.29, 1.82) is 0 Å². The number of benzene rings is 1. The summed E-state index contributed by atoms with van der Waals surface area (Å²) in [4.78, 5) is 44.4. The number of esters is 1. The number of nitrogens with two attached hydrogens (primary N) is 1. The van der Waals surface area contributed by atoms with E-state index in [9.17, 15) is 19.2 Å². The van der Waals surface area contributed by atoms with Gasteiger partial charge in [0, 0.05) is 6.42 Å². The summed E-state index contributed by atoms with van der Waals surface area (Å²) in [6.07, 6.45) is 1.08. The van der Waals surface area contributed by atoms with Crippen LogP contribution in [0.3, 0.4) is 0 Å². The van der Waals surface area contributed by atoms with Crippen LogP contribution in [-0.2, 0) is 14.3 Å². The van der Waals surface area contributed by atoms with E-state index in [1.807, 2.05) is 13.8 Å². The molecule has 29 heavy (non-hydrogen) atoms. The summed E-state index contributed by atoms with van der Waals surface area (Å²) >= 11 is 0. The molecule has 0 saturated carbocycles. The number of anilines is 1. The van der Waals surface area contributed by atoms with Gasteiger partial charge < -0.3 is 31.3 Å². The van der Waals surface area contributed by atoms with Gasteiger partial charge in [0.25, 0.3) is 0 Å². The smallest absolute Gasteiger partial charge is 0.339 e. The Kier molecular flexibility index (Phi) is 12.4. The monoisotopic (exact) mass is 411 g/mol. The van der Waals surface area contributed by atoms with Gasteiger partial charge in [-0.2, -0.15) is 0 Å². The van der Waals surface area contributed by atoms with Crippen molar-refractivity contribution in [1.82, 2.24) is 5.32 Å². The van der Waals surface area contributed by atoms with Gasteiger partial charge in [-0.05, 0) is 37.4 Å². The SMILES string of the molecule is COC(=O)c1ccccc1NC(=O)N[C@@H](CC(C)C)C(=O)O.NCCCC(=O)O. The molecule has 1 atom stereocenters. The first kappa shape index (κ1) is 25.9. The minimum Gasteiger partial charge on any atom is -0.481 e. The highest BCUT2D eigenvalue weighted by Crippen LogP contribution is 2.16. The van der Waals surface area contributed by atoms with E-state index >= 15 is 0 Å². The third-order valence-electron chi connectivity index (χ3n) is 3.49. The molecule has 0 aromatic heterocycles. The highest BCUT2D eigenvalue weighted by atomic mass is 16.5. The molecule has 0 bridgehead atoms. The Labute approximate surface area is 169 Å². The summed E-state index contributed by atoms with van der Waals surface area (Å²) in [5.41, 5.74) is 5.45. The van der Waals surface area contributed by atoms with E-state index in [0.717, 1.165) is 0 Å². The lowest BCUT2D eigenvalue weighted by atomic mass is 10.0. The second-order valence-electron chi connectivity index (χ2n) is 6.44. The van der Waals surface area contributed by atoms with Gasteiger partial charge in [0.2, 0.25) is 0 Å². The quantitative estimate of drug-likeness (QED) is 0.384. The Morgan fingerprint density at radius 1 is 1.14 bits per heavy atom. The number of methoxy groups -OCH3 is 1. The van der Waals surface area contributed by atoms with Crippen molar-refractivity contribution < 1.29 is 34.1 Å². The average Bonchev–Trinajstić information content (AvgIpc) is 2.65. The van der Waals surface area contributed by atoms with E-state index in [4.69, 9.17) is 15.9 Å². The molecule has 0 unspecified atom stereocenters. The second-order valence-corrected chi connectivity index (χ2v) is 6.44. The summed E-state index contributed by atoms with van der Waals surface area (Å²) < 4.78 is 4.63. The standard InChI is InChI=1S/C15H20N2O5.C4H9NO2/c1-9(2)8-12(13(18)19)17-15(21)16-11-7-5-4-6-10(11)14(20)22-3;5-3-1-2-4(6)7/h4-7,9,12H,8H2,1-3H3,(H,18,19)(H2,16,17,21);1-3,5H2,(H,6,7)/t12-;/m0./s1. The van der Waals surface area contributed by atoms with Crippen LogP contribution in [0.2, 0.25) is 0 Å². The third-order valence-corrected chi connectivity index (χ3v) is 3.49. The molecule has 0 aliphatic carbocycles. The van der Waals surface area contributed by atoms with Crippen molar-refractivity contribution in [3.05, 3.63) is 29.8 Å². The highest BCUT2D eigenvalue weighted by molar-refractivity contribution is 6.01. The van der Waals surface area contributed by atoms with Crippen molar-refractivity contribution in [2.45, 2.75) is 39.2 Å². The van der Waals surface area contributed by atoms with E-state index < -0.39 is 30.0 Å². The molecule has 0 saturated heterocycles. The molecular formula is C19H29N3O7. The number of carboxylic acid groups (broad SMARTS) is 2. The number of carboxylic acids is 2. The molecule has 1 aromatic rings. The van der Waals surface area contributed by atoms with Gasteiger partial charge in [0.05, 0.1) is 18.4 Å². The Hall–Kier alpha value is -3.14. The zero-order valence-electron chi connectivity index (χ0n) is 16.8. The van der Waals surface area contributed by atoms with E-state index in [1.165, 1.54) is 19.2 Å².